The van der Waals surface area contributed by atoms with E-state index in [1.165, 1.54) is 0 Å². The number of carbonyl (C=O) groups is 1. The minimum Gasteiger partial charge on any atom is -0.324 e. The van der Waals surface area contributed by atoms with Crippen molar-refractivity contribution < 1.29 is 4.79 Å². The number of benzene rings is 1. The molecule has 3 nitrogen and oxygen atoms in total. The first-order chi connectivity index (χ1) is 8.25. The fourth-order valence-electron chi connectivity index (χ4n) is 1.53. The maximum Gasteiger partial charge on any atom is 0.234 e. The van der Waals surface area contributed by atoms with Crippen molar-refractivity contribution in [3.8, 4) is 0 Å². The SMILES string of the molecule is O=C(CSCC1CNC1)Nc1ccccc1I. The molecule has 1 amide bonds. The highest BCUT2D eigenvalue weighted by molar-refractivity contribution is 14.1. The minimum absolute atomic E-state index is 0.0893. The van der Waals surface area contributed by atoms with Gasteiger partial charge in [0.15, 0.2) is 0 Å². The molecule has 0 spiro atoms. The summed E-state index contributed by atoms with van der Waals surface area (Å²) in [6, 6.07) is 7.82. The second kappa shape index (κ2) is 6.61. The quantitative estimate of drug-likeness (QED) is 0.789. The number of para-hydroxylation sites is 1. The maximum atomic E-state index is 11.7. The van der Waals surface area contributed by atoms with E-state index < -0.39 is 0 Å². The van der Waals surface area contributed by atoms with Crippen LogP contribution in [0.2, 0.25) is 0 Å². The average molecular weight is 362 g/mol. The van der Waals surface area contributed by atoms with Gasteiger partial charge in [0.05, 0.1) is 11.4 Å². The zero-order valence-electron chi connectivity index (χ0n) is 9.41. The van der Waals surface area contributed by atoms with Crippen LogP contribution in [0.5, 0.6) is 0 Å². The van der Waals surface area contributed by atoms with Crippen molar-refractivity contribution in [2.75, 3.05) is 29.9 Å². The largest absolute Gasteiger partial charge is 0.324 e. The summed E-state index contributed by atoms with van der Waals surface area (Å²) >= 11 is 3.94. The summed E-state index contributed by atoms with van der Waals surface area (Å²) in [4.78, 5) is 11.7. The van der Waals surface area contributed by atoms with Crippen molar-refractivity contribution in [3.63, 3.8) is 0 Å². The molecule has 0 unspecified atom stereocenters. The van der Waals surface area contributed by atoms with Gasteiger partial charge in [0.25, 0.3) is 0 Å². The summed E-state index contributed by atoms with van der Waals surface area (Å²) < 4.78 is 1.08. The first-order valence-electron chi connectivity index (χ1n) is 5.58. The van der Waals surface area contributed by atoms with E-state index in [0.29, 0.717) is 5.75 Å². The first-order valence-corrected chi connectivity index (χ1v) is 7.82. The van der Waals surface area contributed by atoms with Crippen LogP contribution in [0.25, 0.3) is 0 Å². The smallest absolute Gasteiger partial charge is 0.234 e. The van der Waals surface area contributed by atoms with Gasteiger partial charge in [0.2, 0.25) is 5.91 Å². The van der Waals surface area contributed by atoms with E-state index in [1.807, 2.05) is 24.3 Å². The van der Waals surface area contributed by atoms with Gasteiger partial charge >= 0.3 is 0 Å². The molecular formula is C12H15IN2OS. The number of carbonyl (C=O) groups excluding carboxylic acids is 1. The Balaban J connectivity index is 1.71. The Hall–Kier alpha value is -0.270. The Morgan fingerprint density at radius 3 is 2.88 bits per heavy atom. The molecule has 2 rings (SSSR count). The molecule has 1 heterocycles. The Bertz CT molecular complexity index is 396. The fraction of sp³-hybridized carbons (Fsp3) is 0.417. The van der Waals surface area contributed by atoms with Crippen molar-refractivity contribution >= 4 is 45.9 Å². The van der Waals surface area contributed by atoms with E-state index in [0.717, 1.165) is 34.0 Å². The Kier molecular flexibility index (Phi) is 5.12. The third-order valence-corrected chi connectivity index (χ3v) is 4.71. The molecule has 0 saturated carbocycles. The Morgan fingerprint density at radius 1 is 1.47 bits per heavy atom. The second-order valence-corrected chi connectivity index (χ2v) is 6.26. The van der Waals surface area contributed by atoms with Gasteiger partial charge < -0.3 is 10.6 Å². The summed E-state index contributed by atoms with van der Waals surface area (Å²) in [5, 5.41) is 6.17. The van der Waals surface area contributed by atoms with Crippen LogP contribution < -0.4 is 10.6 Å². The summed E-state index contributed by atoms with van der Waals surface area (Å²) in [5.74, 6) is 2.46. The van der Waals surface area contributed by atoms with Crippen LogP contribution in [0, 0.1) is 9.49 Å². The molecular weight excluding hydrogens is 347 g/mol. The van der Waals surface area contributed by atoms with Crippen LogP contribution in [0.15, 0.2) is 24.3 Å². The van der Waals surface area contributed by atoms with Crippen LogP contribution in [0.4, 0.5) is 5.69 Å². The molecule has 1 aromatic rings. The molecule has 92 valence electrons. The number of anilines is 1. The number of amides is 1. The highest BCUT2D eigenvalue weighted by Crippen LogP contribution is 2.18. The van der Waals surface area contributed by atoms with Gasteiger partial charge in [-0.15, -0.1) is 0 Å². The molecule has 5 heteroatoms. The minimum atomic E-state index is 0.0893. The molecule has 0 radical (unpaired) electrons. The lowest BCUT2D eigenvalue weighted by Crippen LogP contribution is -2.43. The maximum absolute atomic E-state index is 11.7. The lowest BCUT2D eigenvalue weighted by molar-refractivity contribution is -0.113. The van der Waals surface area contributed by atoms with Gasteiger partial charge in [-0.1, -0.05) is 12.1 Å². The van der Waals surface area contributed by atoms with Gasteiger partial charge in [-0.25, -0.2) is 0 Å². The van der Waals surface area contributed by atoms with Crippen molar-refractivity contribution in [1.29, 1.82) is 0 Å². The van der Waals surface area contributed by atoms with Crippen molar-refractivity contribution in [2.45, 2.75) is 0 Å². The molecule has 17 heavy (non-hydrogen) atoms. The molecule has 1 saturated heterocycles. The standard InChI is InChI=1S/C12H15IN2OS/c13-10-3-1-2-4-11(10)15-12(16)8-17-7-9-5-14-6-9/h1-4,9,14H,5-8H2,(H,15,16). The van der Waals surface area contributed by atoms with Gasteiger partial charge in [-0.3, -0.25) is 4.79 Å². The molecule has 2 N–H and O–H groups in total. The van der Waals surface area contributed by atoms with E-state index >= 15 is 0 Å². The zero-order valence-corrected chi connectivity index (χ0v) is 12.4. The molecule has 0 atom stereocenters. The third-order valence-electron chi connectivity index (χ3n) is 2.60. The van der Waals surface area contributed by atoms with E-state index in [2.05, 4.69) is 33.2 Å². The van der Waals surface area contributed by atoms with Crippen molar-refractivity contribution in [1.82, 2.24) is 5.32 Å². The van der Waals surface area contributed by atoms with Gasteiger partial charge in [0, 0.05) is 3.57 Å². The monoisotopic (exact) mass is 362 g/mol. The summed E-state index contributed by atoms with van der Waals surface area (Å²) in [5.41, 5.74) is 0.906. The van der Waals surface area contributed by atoms with E-state index in [-0.39, 0.29) is 5.91 Å². The predicted octanol–water partition coefficient (Wildman–Crippen LogP) is 2.18. The van der Waals surface area contributed by atoms with E-state index in [4.69, 9.17) is 0 Å². The fourth-order valence-corrected chi connectivity index (χ4v) is 3.00. The highest BCUT2D eigenvalue weighted by atomic mass is 127. The Morgan fingerprint density at radius 2 is 2.24 bits per heavy atom. The van der Waals surface area contributed by atoms with Gasteiger partial charge in [-0.05, 0) is 59.5 Å². The van der Waals surface area contributed by atoms with Crippen LogP contribution in [0.3, 0.4) is 0 Å². The zero-order chi connectivity index (χ0) is 12.1. The molecule has 1 aromatic carbocycles. The lowest BCUT2D eigenvalue weighted by Gasteiger charge is -2.26. The summed E-state index contributed by atoms with van der Waals surface area (Å²) in [7, 11) is 0. The topological polar surface area (TPSA) is 41.1 Å². The van der Waals surface area contributed by atoms with Crippen LogP contribution in [0.1, 0.15) is 0 Å². The summed E-state index contributed by atoms with van der Waals surface area (Å²) in [6.45, 7) is 2.20. The average Bonchev–Trinajstić information content (AvgIpc) is 2.25. The number of halogens is 1. The number of hydrogen-bond donors (Lipinski definition) is 2. The van der Waals surface area contributed by atoms with Crippen LogP contribution in [-0.2, 0) is 4.79 Å². The number of thioether (sulfide) groups is 1. The highest BCUT2D eigenvalue weighted by Gasteiger charge is 2.16. The van der Waals surface area contributed by atoms with E-state index in [9.17, 15) is 4.79 Å². The summed E-state index contributed by atoms with van der Waals surface area (Å²) in [6.07, 6.45) is 0. The van der Waals surface area contributed by atoms with Crippen molar-refractivity contribution in [3.05, 3.63) is 27.8 Å². The van der Waals surface area contributed by atoms with Gasteiger partial charge in [0.1, 0.15) is 0 Å². The van der Waals surface area contributed by atoms with Gasteiger partial charge in [-0.2, -0.15) is 11.8 Å². The third kappa shape index (κ3) is 4.15. The normalized spacial score (nSPS) is 15.4. The van der Waals surface area contributed by atoms with E-state index in [1.54, 1.807) is 11.8 Å². The molecule has 1 aliphatic rings. The molecule has 0 bridgehead atoms. The molecule has 0 aromatic heterocycles. The lowest BCUT2D eigenvalue weighted by atomic mass is 10.1. The van der Waals surface area contributed by atoms with Crippen molar-refractivity contribution in [2.24, 2.45) is 5.92 Å². The first kappa shape index (κ1) is 13.2. The number of hydrogen-bond acceptors (Lipinski definition) is 3. The molecule has 0 aliphatic carbocycles. The molecule has 1 fully saturated rings. The molecule has 1 aliphatic heterocycles. The predicted molar refractivity (Wildman–Crippen MR) is 81.5 cm³/mol. The van der Waals surface area contributed by atoms with Crippen LogP contribution >= 0.6 is 34.4 Å². The Labute approximate surface area is 119 Å². The second-order valence-electron chi connectivity index (χ2n) is 4.07. The van der Waals surface area contributed by atoms with Crippen LogP contribution in [-0.4, -0.2) is 30.5 Å². The number of rotatable bonds is 5. The number of nitrogens with one attached hydrogen (secondary N) is 2.